The van der Waals surface area contributed by atoms with Crippen LogP contribution in [-0.4, -0.2) is 44.8 Å². The van der Waals surface area contributed by atoms with E-state index in [2.05, 4.69) is 5.10 Å². The summed E-state index contributed by atoms with van der Waals surface area (Å²) in [6.07, 6.45) is -2.70. The zero-order valence-electron chi connectivity index (χ0n) is 12.9. The summed E-state index contributed by atoms with van der Waals surface area (Å²) < 4.78 is 39.5. The molecule has 1 aliphatic rings. The zero-order valence-corrected chi connectivity index (χ0v) is 12.9. The topological polar surface area (TPSA) is 75.4 Å². The lowest BCUT2D eigenvalue weighted by Gasteiger charge is -2.14. The molecule has 1 atom stereocenters. The van der Waals surface area contributed by atoms with Gasteiger partial charge < -0.3 is 10.0 Å². The Bertz CT molecular complexity index is 816. The summed E-state index contributed by atoms with van der Waals surface area (Å²) in [5, 5.41) is 13.0. The molecule has 6 nitrogen and oxygen atoms in total. The van der Waals surface area contributed by atoms with E-state index in [1.54, 1.807) is 0 Å². The van der Waals surface area contributed by atoms with E-state index < -0.39 is 29.5 Å². The summed E-state index contributed by atoms with van der Waals surface area (Å²) >= 11 is 0. The Morgan fingerprint density at radius 2 is 2.00 bits per heavy atom. The van der Waals surface area contributed by atoms with Crippen LogP contribution in [0.25, 0.3) is 5.69 Å². The molecule has 1 aromatic carbocycles. The van der Waals surface area contributed by atoms with E-state index in [9.17, 15) is 22.8 Å². The Kier molecular flexibility index (Phi) is 4.23. The van der Waals surface area contributed by atoms with Crippen LogP contribution in [0.15, 0.2) is 36.5 Å². The number of hydrogen-bond acceptors (Lipinski definition) is 3. The summed E-state index contributed by atoms with van der Waals surface area (Å²) in [5.41, 5.74) is -0.570. The third-order valence-electron chi connectivity index (χ3n) is 4.07. The normalized spacial score (nSPS) is 17.7. The molecule has 1 aliphatic heterocycles. The fourth-order valence-corrected chi connectivity index (χ4v) is 2.71. The van der Waals surface area contributed by atoms with E-state index >= 15 is 0 Å². The van der Waals surface area contributed by atoms with Crippen LogP contribution in [0.3, 0.4) is 0 Å². The predicted molar refractivity (Wildman–Crippen MR) is 80.2 cm³/mol. The number of alkyl halides is 3. The number of carboxylic acid groups (broad SMARTS) is 1. The molecule has 2 aromatic rings. The minimum absolute atomic E-state index is 0.0588. The molecule has 9 heteroatoms. The van der Waals surface area contributed by atoms with Crippen LogP contribution in [0.5, 0.6) is 0 Å². The standard InChI is InChI=1S/C16H14F3N3O3/c17-16(18,19)11-2-1-3-12(8-11)22-7-5-13(20-22)14(23)21-6-4-10(9-21)15(24)25/h1-3,5,7-8,10H,4,6,9H2,(H,24,25). The smallest absolute Gasteiger partial charge is 0.416 e. The lowest BCUT2D eigenvalue weighted by atomic mass is 10.1. The van der Waals surface area contributed by atoms with Gasteiger partial charge in [-0.25, -0.2) is 4.68 Å². The third-order valence-corrected chi connectivity index (χ3v) is 4.07. The van der Waals surface area contributed by atoms with Gasteiger partial charge in [0.2, 0.25) is 0 Å². The first-order valence-electron chi connectivity index (χ1n) is 7.51. The van der Waals surface area contributed by atoms with Crippen LogP contribution in [0, 0.1) is 5.92 Å². The number of benzene rings is 1. The number of aromatic nitrogens is 2. The molecule has 1 unspecified atom stereocenters. The van der Waals surface area contributed by atoms with E-state index in [0.717, 1.165) is 12.1 Å². The van der Waals surface area contributed by atoms with Crippen LogP contribution in [0.1, 0.15) is 22.5 Å². The van der Waals surface area contributed by atoms with E-state index in [1.165, 1.54) is 34.0 Å². The molecular weight excluding hydrogens is 339 g/mol. The monoisotopic (exact) mass is 353 g/mol. The summed E-state index contributed by atoms with van der Waals surface area (Å²) in [5.74, 6) is -1.99. The molecule has 1 fully saturated rings. The maximum Gasteiger partial charge on any atom is 0.416 e. The van der Waals surface area contributed by atoms with Crippen molar-refractivity contribution >= 4 is 11.9 Å². The third kappa shape index (κ3) is 3.49. The first-order chi connectivity index (χ1) is 11.8. The second-order valence-electron chi connectivity index (χ2n) is 5.77. The number of carbonyl (C=O) groups is 2. The van der Waals surface area contributed by atoms with Gasteiger partial charge >= 0.3 is 12.1 Å². The second kappa shape index (κ2) is 6.23. The van der Waals surface area contributed by atoms with Crippen molar-refractivity contribution < 1.29 is 27.9 Å². The number of carboxylic acids is 1. The van der Waals surface area contributed by atoms with Crippen molar-refractivity contribution in [3.05, 3.63) is 47.8 Å². The average Bonchev–Trinajstić information content (AvgIpc) is 3.23. The Balaban J connectivity index is 1.79. The fourth-order valence-electron chi connectivity index (χ4n) is 2.71. The maximum absolute atomic E-state index is 12.8. The Morgan fingerprint density at radius 3 is 2.64 bits per heavy atom. The zero-order chi connectivity index (χ0) is 18.2. The molecule has 3 rings (SSSR count). The van der Waals surface area contributed by atoms with Crippen LogP contribution >= 0.6 is 0 Å². The Hall–Kier alpha value is -2.84. The van der Waals surface area contributed by atoms with Gasteiger partial charge in [-0.05, 0) is 30.7 Å². The highest BCUT2D eigenvalue weighted by molar-refractivity contribution is 5.93. The van der Waals surface area contributed by atoms with Gasteiger partial charge in [-0.15, -0.1) is 0 Å². The van der Waals surface area contributed by atoms with E-state index in [4.69, 9.17) is 5.11 Å². The molecule has 1 saturated heterocycles. The molecule has 0 radical (unpaired) electrons. The lowest BCUT2D eigenvalue weighted by molar-refractivity contribution is -0.141. The molecule has 1 N–H and O–H groups in total. The molecule has 0 saturated carbocycles. The molecule has 2 heterocycles. The van der Waals surface area contributed by atoms with E-state index in [0.29, 0.717) is 13.0 Å². The predicted octanol–water partition coefficient (Wildman–Crippen LogP) is 2.44. The van der Waals surface area contributed by atoms with Gasteiger partial charge in [-0.1, -0.05) is 6.07 Å². The number of halogens is 3. The van der Waals surface area contributed by atoms with Gasteiger partial charge in [-0.3, -0.25) is 9.59 Å². The number of amides is 1. The molecule has 132 valence electrons. The van der Waals surface area contributed by atoms with Crippen LogP contribution < -0.4 is 0 Å². The van der Waals surface area contributed by atoms with Gasteiger partial charge in [0, 0.05) is 19.3 Å². The highest BCUT2D eigenvalue weighted by Crippen LogP contribution is 2.30. The Morgan fingerprint density at radius 1 is 1.24 bits per heavy atom. The number of hydrogen-bond donors (Lipinski definition) is 1. The van der Waals surface area contributed by atoms with Crippen molar-refractivity contribution in [3.8, 4) is 5.69 Å². The van der Waals surface area contributed by atoms with Crippen LogP contribution in [0.4, 0.5) is 13.2 Å². The van der Waals surface area contributed by atoms with Crippen molar-refractivity contribution in [2.45, 2.75) is 12.6 Å². The SMILES string of the molecule is O=C(O)C1CCN(C(=O)c2ccn(-c3cccc(C(F)(F)F)c3)n2)C1. The number of likely N-dealkylation sites (tertiary alicyclic amines) is 1. The second-order valence-corrected chi connectivity index (χ2v) is 5.77. The lowest BCUT2D eigenvalue weighted by Crippen LogP contribution is -2.30. The highest BCUT2D eigenvalue weighted by atomic mass is 19.4. The highest BCUT2D eigenvalue weighted by Gasteiger charge is 2.32. The summed E-state index contributed by atoms with van der Waals surface area (Å²) in [6.45, 7) is 0.413. The van der Waals surface area contributed by atoms with Gasteiger partial charge in [0.05, 0.1) is 17.2 Å². The van der Waals surface area contributed by atoms with Crippen molar-refractivity contribution in [3.63, 3.8) is 0 Å². The summed E-state index contributed by atoms with van der Waals surface area (Å²) in [4.78, 5) is 24.7. The number of carbonyl (C=O) groups excluding carboxylic acids is 1. The summed E-state index contributed by atoms with van der Waals surface area (Å²) in [6, 6.07) is 6.01. The molecule has 0 bridgehead atoms. The first-order valence-corrected chi connectivity index (χ1v) is 7.51. The first kappa shape index (κ1) is 17.0. The molecule has 1 aromatic heterocycles. The molecule has 25 heavy (non-hydrogen) atoms. The Labute approximate surface area is 140 Å². The molecule has 0 spiro atoms. The number of aliphatic carboxylic acids is 1. The quantitative estimate of drug-likeness (QED) is 0.920. The van der Waals surface area contributed by atoms with Gasteiger partial charge in [-0.2, -0.15) is 18.3 Å². The van der Waals surface area contributed by atoms with Gasteiger partial charge in [0.15, 0.2) is 5.69 Å². The van der Waals surface area contributed by atoms with E-state index in [1.807, 2.05) is 0 Å². The fraction of sp³-hybridized carbons (Fsp3) is 0.312. The number of nitrogens with zero attached hydrogens (tertiary/aromatic N) is 3. The summed E-state index contributed by atoms with van der Waals surface area (Å²) in [7, 11) is 0. The van der Waals surface area contributed by atoms with Gasteiger partial charge in [0.25, 0.3) is 5.91 Å². The van der Waals surface area contributed by atoms with Crippen molar-refractivity contribution in [1.82, 2.24) is 14.7 Å². The van der Waals surface area contributed by atoms with Crippen LogP contribution in [-0.2, 0) is 11.0 Å². The van der Waals surface area contributed by atoms with Crippen molar-refractivity contribution in [2.75, 3.05) is 13.1 Å². The minimum Gasteiger partial charge on any atom is -0.481 e. The molecular formula is C16H14F3N3O3. The van der Waals surface area contributed by atoms with Crippen molar-refractivity contribution in [2.24, 2.45) is 5.92 Å². The minimum atomic E-state index is -4.47. The molecule has 1 amide bonds. The number of rotatable bonds is 3. The van der Waals surface area contributed by atoms with Crippen LogP contribution in [0.2, 0.25) is 0 Å². The average molecular weight is 353 g/mol. The molecule has 0 aliphatic carbocycles. The van der Waals surface area contributed by atoms with Crippen molar-refractivity contribution in [1.29, 1.82) is 0 Å². The van der Waals surface area contributed by atoms with Gasteiger partial charge in [0.1, 0.15) is 0 Å². The largest absolute Gasteiger partial charge is 0.481 e. The maximum atomic E-state index is 12.8. The van der Waals surface area contributed by atoms with E-state index in [-0.39, 0.29) is 17.9 Å².